The molecule has 0 radical (unpaired) electrons. The molecule has 1 saturated heterocycles. The van der Waals surface area contributed by atoms with Crippen LogP contribution < -0.4 is 5.73 Å². The van der Waals surface area contributed by atoms with Crippen LogP contribution >= 0.6 is 0 Å². The summed E-state index contributed by atoms with van der Waals surface area (Å²) in [5, 5.41) is 4.05. The van der Waals surface area contributed by atoms with Gasteiger partial charge >= 0.3 is 0 Å². The van der Waals surface area contributed by atoms with Crippen LogP contribution in [-0.2, 0) is 16.8 Å². The number of hydrogen-bond acceptors (Lipinski definition) is 6. The summed E-state index contributed by atoms with van der Waals surface area (Å²) >= 11 is 0. The topological polar surface area (TPSA) is 88.5 Å². The molecule has 1 fully saturated rings. The molecule has 1 aromatic heterocycles. The van der Waals surface area contributed by atoms with E-state index < -0.39 is 0 Å². The van der Waals surface area contributed by atoms with E-state index in [1.165, 1.54) is 0 Å². The van der Waals surface area contributed by atoms with Gasteiger partial charge in [-0.25, -0.2) is 0 Å². The van der Waals surface area contributed by atoms with Crippen molar-refractivity contribution < 1.29 is 9.32 Å². The Morgan fingerprint density at radius 3 is 2.45 bits per heavy atom. The van der Waals surface area contributed by atoms with Crippen molar-refractivity contribution >= 4 is 5.91 Å². The van der Waals surface area contributed by atoms with E-state index in [9.17, 15) is 4.79 Å². The highest BCUT2D eigenvalue weighted by atomic mass is 16.5. The summed E-state index contributed by atoms with van der Waals surface area (Å²) in [4.78, 5) is 20.6. The maximum atomic E-state index is 12.0. The number of piperazine rings is 1. The molecule has 1 aromatic rings. The van der Waals surface area contributed by atoms with Gasteiger partial charge in [-0.2, -0.15) is 4.98 Å². The van der Waals surface area contributed by atoms with Gasteiger partial charge in [0, 0.05) is 44.1 Å². The Hall–Kier alpha value is -1.47. The molecule has 1 atom stereocenters. The molecule has 0 aliphatic carbocycles. The fourth-order valence-electron chi connectivity index (χ4n) is 2.38. The van der Waals surface area contributed by atoms with Gasteiger partial charge < -0.3 is 15.2 Å². The first kappa shape index (κ1) is 16.9. The zero-order chi connectivity index (χ0) is 16.3. The second-order valence-corrected chi connectivity index (χ2v) is 7.10. The van der Waals surface area contributed by atoms with E-state index in [1.807, 2.05) is 32.6 Å². The van der Waals surface area contributed by atoms with E-state index in [0.717, 1.165) is 26.2 Å². The molecule has 124 valence electrons. The van der Waals surface area contributed by atoms with Gasteiger partial charge in [-0.1, -0.05) is 25.9 Å². The lowest BCUT2D eigenvalue weighted by Crippen LogP contribution is -2.49. The monoisotopic (exact) mass is 309 g/mol. The third kappa shape index (κ3) is 4.51. The lowest BCUT2D eigenvalue weighted by atomic mass is 9.97. The molecule has 7 heteroatoms. The molecule has 1 amide bonds. The fourth-order valence-corrected chi connectivity index (χ4v) is 2.38. The second kappa shape index (κ2) is 6.75. The van der Waals surface area contributed by atoms with E-state index in [4.69, 9.17) is 10.3 Å². The van der Waals surface area contributed by atoms with Crippen LogP contribution in [0.1, 0.15) is 45.8 Å². The van der Waals surface area contributed by atoms with E-state index in [0.29, 0.717) is 24.7 Å². The van der Waals surface area contributed by atoms with Gasteiger partial charge in [-0.3, -0.25) is 9.69 Å². The van der Waals surface area contributed by atoms with Gasteiger partial charge in [0.25, 0.3) is 0 Å². The molecule has 0 saturated carbocycles. The number of carbonyl (C=O) groups is 1. The SMILES string of the molecule is CC(N)CC(=O)N1CCN(Cc2noc(C(C)(C)C)n2)CC1. The quantitative estimate of drug-likeness (QED) is 0.883. The second-order valence-electron chi connectivity index (χ2n) is 7.10. The maximum absolute atomic E-state index is 12.0. The van der Waals surface area contributed by atoms with Gasteiger partial charge in [-0.15, -0.1) is 0 Å². The summed E-state index contributed by atoms with van der Waals surface area (Å²) in [7, 11) is 0. The van der Waals surface area contributed by atoms with Crippen molar-refractivity contribution in [2.45, 2.75) is 52.1 Å². The molecule has 0 aromatic carbocycles. The number of nitrogens with zero attached hydrogens (tertiary/aromatic N) is 4. The number of carbonyl (C=O) groups excluding carboxylic acids is 1. The van der Waals surface area contributed by atoms with Crippen molar-refractivity contribution in [1.82, 2.24) is 19.9 Å². The first-order valence-corrected chi connectivity index (χ1v) is 7.84. The Bertz CT molecular complexity index is 498. The highest BCUT2D eigenvalue weighted by molar-refractivity contribution is 5.76. The third-order valence-corrected chi connectivity index (χ3v) is 3.70. The van der Waals surface area contributed by atoms with Gasteiger partial charge in [0.2, 0.25) is 11.8 Å². The molecule has 7 nitrogen and oxygen atoms in total. The first-order valence-electron chi connectivity index (χ1n) is 7.84. The van der Waals surface area contributed by atoms with Gasteiger partial charge in [0.05, 0.1) is 6.54 Å². The molecular weight excluding hydrogens is 282 g/mol. The summed E-state index contributed by atoms with van der Waals surface area (Å²) in [5.41, 5.74) is 5.55. The van der Waals surface area contributed by atoms with Crippen LogP contribution in [0.25, 0.3) is 0 Å². The summed E-state index contributed by atoms with van der Waals surface area (Å²) < 4.78 is 5.31. The highest BCUT2D eigenvalue weighted by Gasteiger charge is 2.25. The predicted octanol–water partition coefficient (Wildman–Crippen LogP) is 0.749. The normalized spacial score (nSPS) is 18.5. The summed E-state index contributed by atoms with van der Waals surface area (Å²) in [6.07, 6.45) is 0.416. The number of amides is 1. The molecule has 2 heterocycles. The average Bonchev–Trinajstić information content (AvgIpc) is 2.87. The van der Waals surface area contributed by atoms with Crippen LogP contribution in [0.2, 0.25) is 0 Å². The van der Waals surface area contributed by atoms with Crippen molar-refractivity contribution in [3.63, 3.8) is 0 Å². The summed E-state index contributed by atoms with van der Waals surface area (Å²) in [6.45, 7) is 11.8. The zero-order valence-corrected chi connectivity index (χ0v) is 14.0. The van der Waals surface area contributed by atoms with Crippen molar-refractivity contribution in [2.24, 2.45) is 5.73 Å². The highest BCUT2D eigenvalue weighted by Crippen LogP contribution is 2.20. The van der Waals surface area contributed by atoms with E-state index in [1.54, 1.807) is 0 Å². The van der Waals surface area contributed by atoms with Gasteiger partial charge in [0.15, 0.2) is 5.82 Å². The minimum Gasteiger partial charge on any atom is -0.340 e. The lowest BCUT2D eigenvalue weighted by Gasteiger charge is -2.34. The molecule has 1 aliphatic rings. The number of hydrogen-bond donors (Lipinski definition) is 1. The smallest absolute Gasteiger partial charge is 0.232 e. The molecule has 2 rings (SSSR count). The van der Waals surface area contributed by atoms with Crippen molar-refractivity contribution in [3.8, 4) is 0 Å². The van der Waals surface area contributed by atoms with Crippen LogP contribution in [0.4, 0.5) is 0 Å². The summed E-state index contributed by atoms with van der Waals surface area (Å²) in [6, 6.07) is -0.0827. The fraction of sp³-hybridized carbons (Fsp3) is 0.800. The number of rotatable bonds is 4. The Morgan fingerprint density at radius 1 is 1.32 bits per heavy atom. The van der Waals surface area contributed by atoms with Gasteiger partial charge in [-0.05, 0) is 6.92 Å². The molecule has 1 aliphatic heterocycles. The molecule has 0 spiro atoms. The van der Waals surface area contributed by atoms with E-state index >= 15 is 0 Å². The molecule has 2 N–H and O–H groups in total. The van der Waals surface area contributed by atoms with Crippen LogP contribution in [0, 0.1) is 0 Å². The molecule has 1 unspecified atom stereocenters. The number of nitrogens with two attached hydrogens (primary N) is 1. The number of aromatic nitrogens is 2. The zero-order valence-electron chi connectivity index (χ0n) is 14.0. The van der Waals surface area contributed by atoms with Crippen molar-refractivity contribution in [3.05, 3.63) is 11.7 Å². The third-order valence-electron chi connectivity index (χ3n) is 3.70. The van der Waals surface area contributed by atoms with Gasteiger partial charge in [0.1, 0.15) is 0 Å². The van der Waals surface area contributed by atoms with Crippen LogP contribution in [0.5, 0.6) is 0 Å². The van der Waals surface area contributed by atoms with E-state index in [-0.39, 0.29) is 17.4 Å². The minimum absolute atomic E-state index is 0.0827. The minimum atomic E-state index is -0.130. The standard InChI is InChI=1S/C15H27N5O2/c1-11(16)9-13(21)20-7-5-19(6-8-20)10-12-17-14(22-18-12)15(2,3)4/h11H,5-10,16H2,1-4H3. The Morgan fingerprint density at radius 2 is 1.95 bits per heavy atom. The maximum Gasteiger partial charge on any atom is 0.232 e. The van der Waals surface area contributed by atoms with Crippen molar-refractivity contribution in [1.29, 1.82) is 0 Å². The molecule has 22 heavy (non-hydrogen) atoms. The first-order chi connectivity index (χ1) is 10.3. The largest absolute Gasteiger partial charge is 0.340 e. The Kier molecular flexibility index (Phi) is 5.18. The summed E-state index contributed by atoms with van der Waals surface area (Å²) in [5.74, 6) is 1.51. The van der Waals surface area contributed by atoms with Crippen LogP contribution in [-0.4, -0.2) is 58.1 Å². The van der Waals surface area contributed by atoms with Crippen LogP contribution in [0.3, 0.4) is 0 Å². The Balaban J connectivity index is 1.82. The van der Waals surface area contributed by atoms with Crippen LogP contribution in [0.15, 0.2) is 4.52 Å². The molecule has 0 bridgehead atoms. The molecular formula is C15H27N5O2. The van der Waals surface area contributed by atoms with Crippen molar-refractivity contribution in [2.75, 3.05) is 26.2 Å². The lowest BCUT2D eigenvalue weighted by molar-refractivity contribution is -0.133. The predicted molar refractivity (Wildman–Crippen MR) is 83.1 cm³/mol. The Labute approximate surface area is 131 Å². The average molecular weight is 309 g/mol. The van der Waals surface area contributed by atoms with E-state index in [2.05, 4.69) is 15.0 Å².